The van der Waals surface area contributed by atoms with Crippen LogP contribution in [0.5, 0.6) is 5.75 Å². The number of nitrogens with one attached hydrogen (secondary N) is 1. The molecule has 3 aromatic rings. The van der Waals surface area contributed by atoms with Gasteiger partial charge in [0.15, 0.2) is 9.84 Å². The Kier molecular flexibility index (Phi) is 7.29. The average molecular weight is 487 g/mol. The minimum Gasteiger partial charge on any atom is -0.497 e. The first-order valence-corrected chi connectivity index (χ1v) is 12.9. The summed E-state index contributed by atoms with van der Waals surface area (Å²) < 4.78 is 33.9. The van der Waals surface area contributed by atoms with Crippen LogP contribution < -0.4 is 10.1 Å². The van der Waals surface area contributed by atoms with Crippen LogP contribution in [0.25, 0.3) is 10.8 Å². The second-order valence-electron chi connectivity index (χ2n) is 8.86. The van der Waals surface area contributed by atoms with Gasteiger partial charge in [0.05, 0.1) is 12.0 Å². The molecule has 1 N–H and O–H groups in total. The van der Waals surface area contributed by atoms with Gasteiger partial charge >= 0.3 is 0 Å². The zero-order valence-corrected chi connectivity index (χ0v) is 20.5. The van der Waals surface area contributed by atoms with Crippen LogP contribution in [0.15, 0.2) is 65.6 Å². The van der Waals surface area contributed by atoms with Crippen molar-refractivity contribution >= 4 is 33.0 Å². The fraction of sp³-hybridized carbons (Fsp3) is 0.385. The number of halogens is 1. The average Bonchev–Trinajstić information content (AvgIpc) is 2.84. The number of piperidine rings is 1. The van der Waals surface area contributed by atoms with Crippen molar-refractivity contribution in [3.8, 4) is 5.75 Å². The van der Waals surface area contributed by atoms with Gasteiger partial charge in [0.2, 0.25) is 0 Å². The number of benzene rings is 3. The summed E-state index contributed by atoms with van der Waals surface area (Å²) in [6.07, 6.45) is 2.58. The van der Waals surface area contributed by atoms with E-state index in [1.54, 1.807) is 13.2 Å². The maximum absolute atomic E-state index is 14.3. The van der Waals surface area contributed by atoms with Crippen molar-refractivity contribution in [2.45, 2.75) is 36.1 Å². The summed E-state index contributed by atoms with van der Waals surface area (Å²) in [5, 5.41) is 4.65. The molecule has 0 aliphatic carbocycles. The quantitative estimate of drug-likeness (QED) is 0.578. The van der Waals surface area contributed by atoms with Gasteiger partial charge in [-0.1, -0.05) is 42.5 Å². The van der Waals surface area contributed by atoms with Crippen molar-refractivity contribution in [1.29, 1.82) is 0 Å². The lowest BCUT2D eigenvalue weighted by Gasteiger charge is -2.40. The monoisotopic (exact) mass is 486 g/mol. The third-order valence-corrected chi connectivity index (χ3v) is 9.26. The molecule has 2 aliphatic heterocycles. The SMILES string of the molecule is COc1ccc2c(c1)CCN(C(C1CCNCC1)S(=O)(=O)c1cccc3ccccc13)C2.Cl. The van der Waals surface area contributed by atoms with Gasteiger partial charge in [0.1, 0.15) is 11.1 Å². The van der Waals surface area contributed by atoms with E-state index < -0.39 is 15.2 Å². The lowest BCUT2D eigenvalue weighted by atomic mass is 9.94. The van der Waals surface area contributed by atoms with E-state index in [0.29, 0.717) is 11.4 Å². The lowest BCUT2D eigenvalue weighted by Crippen LogP contribution is -2.50. The van der Waals surface area contributed by atoms with Crippen molar-refractivity contribution in [2.24, 2.45) is 5.92 Å². The van der Waals surface area contributed by atoms with Crippen molar-refractivity contribution < 1.29 is 13.2 Å². The summed E-state index contributed by atoms with van der Waals surface area (Å²) in [6.45, 7) is 3.12. The fourth-order valence-electron chi connectivity index (χ4n) is 5.35. The van der Waals surface area contributed by atoms with Gasteiger partial charge in [-0.3, -0.25) is 4.90 Å². The Labute approximate surface area is 202 Å². The summed E-state index contributed by atoms with van der Waals surface area (Å²) in [5.74, 6) is 0.968. The number of fused-ring (bicyclic) bond motifs is 2. The molecular formula is C26H31ClN2O3S. The topological polar surface area (TPSA) is 58.6 Å². The Morgan fingerprint density at radius 2 is 1.76 bits per heavy atom. The second-order valence-corrected chi connectivity index (χ2v) is 10.9. The highest BCUT2D eigenvalue weighted by Crippen LogP contribution is 2.36. The summed E-state index contributed by atoms with van der Waals surface area (Å²) in [6, 6.07) is 19.6. The lowest BCUT2D eigenvalue weighted by molar-refractivity contribution is 0.159. The van der Waals surface area contributed by atoms with E-state index in [-0.39, 0.29) is 18.3 Å². The number of sulfone groups is 1. The molecule has 0 aromatic heterocycles. The van der Waals surface area contributed by atoms with Crippen LogP contribution >= 0.6 is 12.4 Å². The van der Waals surface area contributed by atoms with Gasteiger partial charge in [0.25, 0.3) is 0 Å². The van der Waals surface area contributed by atoms with Gasteiger partial charge in [-0.05, 0) is 73.0 Å². The van der Waals surface area contributed by atoms with E-state index in [9.17, 15) is 8.42 Å². The van der Waals surface area contributed by atoms with Gasteiger partial charge < -0.3 is 10.1 Å². The first-order chi connectivity index (χ1) is 15.6. The molecule has 7 heteroatoms. The molecule has 5 nitrogen and oxygen atoms in total. The van der Waals surface area contributed by atoms with Gasteiger partial charge in [-0.25, -0.2) is 8.42 Å². The summed E-state index contributed by atoms with van der Waals surface area (Å²) in [4.78, 5) is 2.67. The van der Waals surface area contributed by atoms with Crippen LogP contribution in [0.3, 0.4) is 0 Å². The number of rotatable bonds is 5. The summed E-state index contributed by atoms with van der Waals surface area (Å²) in [7, 11) is -1.89. The molecule has 1 fully saturated rings. The van der Waals surface area contributed by atoms with Crippen molar-refractivity contribution in [3.05, 3.63) is 71.8 Å². The van der Waals surface area contributed by atoms with Crippen molar-refractivity contribution in [1.82, 2.24) is 10.2 Å². The second kappa shape index (κ2) is 10.0. The molecule has 2 aliphatic rings. The minimum atomic E-state index is -3.57. The molecule has 2 heterocycles. The van der Waals surface area contributed by atoms with Crippen LogP contribution in [0.2, 0.25) is 0 Å². The molecule has 0 radical (unpaired) electrons. The third kappa shape index (κ3) is 4.62. The molecular weight excluding hydrogens is 456 g/mol. The fourth-order valence-corrected chi connectivity index (χ4v) is 7.72. The first kappa shape index (κ1) is 24.0. The Balaban J connectivity index is 0.00000259. The number of hydrogen-bond donors (Lipinski definition) is 1. The predicted octanol–water partition coefficient (Wildman–Crippen LogP) is 4.43. The summed E-state index contributed by atoms with van der Waals surface area (Å²) >= 11 is 0. The van der Waals surface area contributed by atoms with E-state index in [4.69, 9.17) is 4.74 Å². The number of hydrogen-bond acceptors (Lipinski definition) is 5. The van der Waals surface area contributed by atoms with Crippen molar-refractivity contribution in [3.63, 3.8) is 0 Å². The molecule has 0 saturated carbocycles. The molecule has 0 spiro atoms. The van der Waals surface area contributed by atoms with Gasteiger partial charge in [0, 0.05) is 18.5 Å². The number of methoxy groups -OCH3 is 1. The Bertz CT molecular complexity index is 1220. The van der Waals surface area contributed by atoms with Crippen LogP contribution in [0.1, 0.15) is 24.0 Å². The highest BCUT2D eigenvalue weighted by atomic mass is 35.5. The Morgan fingerprint density at radius 1 is 1.00 bits per heavy atom. The molecule has 3 aromatic carbocycles. The molecule has 5 rings (SSSR count). The van der Waals surface area contributed by atoms with Crippen LogP contribution in [-0.4, -0.2) is 45.4 Å². The number of ether oxygens (including phenoxy) is 1. The van der Waals surface area contributed by atoms with Crippen LogP contribution in [-0.2, 0) is 22.8 Å². The number of nitrogens with zero attached hydrogens (tertiary/aromatic N) is 1. The van der Waals surface area contributed by atoms with Gasteiger partial charge in [-0.15, -0.1) is 12.4 Å². The first-order valence-electron chi connectivity index (χ1n) is 11.4. The van der Waals surface area contributed by atoms with E-state index >= 15 is 0 Å². The Hall–Kier alpha value is -2.12. The maximum atomic E-state index is 14.3. The molecule has 1 saturated heterocycles. The normalized spacial score (nSPS) is 18.3. The Morgan fingerprint density at radius 3 is 2.55 bits per heavy atom. The minimum absolute atomic E-state index is 0. The van der Waals surface area contributed by atoms with Crippen LogP contribution in [0.4, 0.5) is 0 Å². The molecule has 33 heavy (non-hydrogen) atoms. The van der Waals surface area contributed by atoms with Gasteiger partial charge in [-0.2, -0.15) is 0 Å². The molecule has 176 valence electrons. The van der Waals surface area contributed by atoms with Crippen LogP contribution in [0, 0.1) is 5.92 Å². The molecule has 1 unspecified atom stereocenters. The van der Waals surface area contributed by atoms with E-state index in [1.807, 2.05) is 42.5 Å². The molecule has 1 atom stereocenters. The highest BCUT2D eigenvalue weighted by Gasteiger charge is 2.41. The predicted molar refractivity (Wildman–Crippen MR) is 135 cm³/mol. The zero-order chi connectivity index (χ0) is 22.1. The highest BCUT2D eigenvalue weighted by molar-refractivity contribution is 7.92. The standard InChI is InChI=1S/C26H30N2O3S.ClH/c1-31-23-10-9-22-18-28(16-13-21(22)17-23)26(20-11-14-27-15-12-20)32(29,30)25-8-4-6-19-5-2-3-7-24(19)25;/h2-10,17,20,26-27H,11-16,18H2,1H3;1H. The smallest absolute Gasteiger partial charge is 0.195 e. The van der Waals surface area contributed by atoms with Crippen molar-refractivity contribution in [2.75, 3.05) is 26.7 Å². The largest absolute Gasteiger partial charge is 0.497 e. The zero-order valence-electron chi connectivity index (χ0n) is 18.9. The maximum Gasteiger partial charge on any atom is 0.195 e. The summed E-state index contributed by atoms with van der Waals surface area (Å²) in [5.41, 5.74) is 2.45. The molecule has 0 amide bonds. The van der Waals surface area contributed by atoms with E-state index in [1.165, 1.54) is 11.1 Å². The van der Waals surface area contributed by atoms with E-state index in [2.05, 4.69) is 22.3 Å². The molecule has 0 bridgehead atoms. The van der Waals surface area contributed by atoms with E-state index in [0.717, 1.165) is 55.4 Å². The third-order valence-electron chi connectivity index (χ3n) is 6.98.